The number of imidazole rings is 1. The van der Waals surface area contributed by atoms with Gasteiger partial charge in [-0.1, -0.05) is 0 Å². The Morgan fingerprint density at radius 2 is 2.27 bits per heavy atom. The molecule has 6 nitrogen and oxygen atoms in total. The third kappa shape index (κ3) is 0.977. The van der Waals surface area contributed by atoms with E-state index in [4.69, 9.17) is 16.9 Å². The predicted octanol–water partition coefficient (Wildman–Crippen LogP) is -1.42. The smallest absolute Gasteiger partial charge is 0.327 e. The molecule has 0 aliphatic heterocycles. The zero-order chi connectivity index (χ0) is 8.59. The minimum atomic E-state index is -0.368. The molecule has 1 aromatic heterocycles. The van der Waals surface area contributed by atoms with Crippen LogP contribution in [0.15, 0.2) is 4.79 Å². The van der Waals surface area contributed by atoms with Crippen molar-refractivity contribution in [1.82, 2.24) is 9.55 Å². The topological polar surface area (TPSA) is 114 Å². The summed E-state index contributed by atoms with van der Waals surface area (Å²) >= 11 is 0. The molecule has 1 aromatic rings. The van der Waals surface area contributed by atoms with E-state index in [1.807, 2.05) is 0 Å². The Bertz CT molecular complexity index is 346. The summed E-state index contributed by atoms with van der Waals surface area (Å²) < 4.78 is 1.19. The lowest BCUT2D eigenvalue weighted by molar-refractivity contribution is 0.873. The number of hydrogen-bond acceptors (Lipinski definition) is 3. The second-order valence-corrected chi connectivity index (χ2v) is 2.16. The van der Waals surface area contributed by atoms with Gasteiger partial charge in [0.15, 0.2) is 0 Å². The summed E-state index contributed by atoms with van der Waals surface area (Å²) in [7, 11) is 1.50. The zero-order valence-corrected chi connectivity index (χ0v) is 6.01. The van der Waals surface area contributed by atoms with Crippen molar-refractivity contribution in [2.45, 2.75) is 0 Å². The maximum Gasteiger partial charge on any atom is 0.327 e. The molecule has 0 bridgehead atoms. The summed E-state index contributed by atoms with van der Waals surface area (Å²) in [5.74, 6) is -0.0531. The van der Waals surface area contributed by atoms with Crippen molar-refractivity contribution in [3.63, 3.8) is 0 Å². The highest BCUT2D eigenvalue weighted by atomic mass is 16.1. The van der Waals surface area contributed by atoms with Crippen LogP contribution in [0.4, 0.5) is 5.82 Å². The van der Waals surface area contributed by atoms with Gasteiger partial charge in [0.1, 0.15) is 17.3 Å². The molecule has 0 fully saturated rings. The largest absolute Gasteiger partial charge is 0.383 e. The van der Waals surface area contributed by atoms with Crippen LogP contribution in [-0.2, 0) is 7.05 Å². The highest BCUT2D eigenvalue weighted by Gasteiger charge is 2.08. The maximum absolute atomic E-state index is 10.8. The first-order valence-corrected chi connectivity index (χ1v) is 2.93. The van der Waals surface area contributed by atoms with Crippen LogP contribution >= 0.6 is 0 Å². The van der Waals surface area contributed by atoms with Crippen LogP contribution in [0.2, 0.25) is 0 Å². The molecule has 0 saturated heterocycles. The van der Waals surface area contributed by atoms with Crippen molar-refractivity contribution < 1.29 is 0 Å². The lowest BCUT2D eigenvalue weighted by Crippen LogP contribution is -2.14. The van der Waals surface area contributed by atoms with Crippen LogP contribution < -0.4 is 17.2 Å². The second kappa shape index (κ2) is 2.15. The Morgan fingerprint density at radius 3 is 2.45 bits per heavy atom. The zero-order valence-electron chi connectivity index (χ0n) is 6.01. The lowest BCUT2D eigenvalue weighted by Gasteiger charge is -1.95. The van der Waals surface area contributed by atoms with Crippen molar-refractivity contribution in [2.24, 2.45) is 12.8 Å². The highest BCUT2D eigenvalue weighted by Crippen LogP contribution is 2.01. The average molecular weight is 155 g/mol. The molecule has 0 unspecified atom stereocenters. The fraction of sp³-hybridized carbons (Fsp3) is 0.200. The number of amidine groups is 1. The number of aromatic amines is 1. The summed E-state index contributed by atoms with van der Waals surface area (Å²) in [6, 6.07) is 0. The number of nitrogens with two attached hydrogens (primary N) is 2. The molecule has 1 heterocycles. The molecule has 60 valence electrons. The standard InChI is InChI=1S/C5H9N5O/c1-10-4(8)2(3(6)7)9-5(10)11/h8H2,1H3,(H3,6,7)(H,9,11). The molecule has 0 radical (unpaired) electrons. The predicted molar refractivity (Wildman–Crippen MR) is 41.5 cm³/mol. The van der Waals surface area contributed by atoms with Gasteiger partial charge in [-0.15, -0.1) is 0 Å². The van der Waals surface area contributed by atoms with E-state index in [-0.39, 0.29) is 23.0 Å². The summed E-state index contributed by atoms with van der Waals surface area (Å²) in [4.78, 5) is 13.2. The van der Waals surface area contributed by atoms with Crippen LogP contribution in [0, 0.1) is 5.41 Å². The van der Waals surface area contributed by atoms with Gasteiger partial charge >= 0.3 is 5.69 Å². The van der Waals surface area contributed by atoms with Gasteiger partial charge in [-0.3, -0.25) is 9.98 Å². The Kier molecular flexibility index (Phi) is 1.45. The molecule has 0 aliphatic rings. The van der Waals surface area contributed by atoms with Crippen molar-refractivity contribution in [1.29, 1.82) is 5.41 Å². The third-order valence-corrected chi connectivity index (χ3v) is 1.42. The molecule has 0 aromatic carbocycles. The van der Waals surface area contributed by atoms with E-state index >= 15 is 0 Å². The number of aromatic nitrogens is 2. The minimum Gasteiger partial charge on any atom is -0.383 e. The molecule has 0 amide bonds. The first-order valence-electron chi connectivity index (χ1n) is 2.93. The van der Waals surface area contributed by atoms with Crippen molar-refractivity contribution >= 4 is 11.7 Å². The van der Waals surface area contributed by atoms with Gasteiger partial charge in [-0.05, 0) is 0 Å². The molecule has 0 spiro atoms. The number of nitrogen functional groups attached to an aromatic ring is 2. The number of H-pyrrole nitrogens is 1. The van der Waals surface area contributed by atoms with E-state index < -0.39 is 0 Å². The van der Waals surface area contributed by atoms with E-state index in [1.54, 1.807) is 0 Å². The molecular weight excluding hydrogens is 146 g/mol. The van der Waals surface area contributed by atoms with Crippen LogP contribution in [0.3, 0.4) is 0 Å². The molecule has 6 heteroatoms. The Balaban J connectivity index is 3.42. The summed E-state index contributed by atoms with van der Waals surface area (Å²) in [6.07, 6.45) is 0. The molecule has 0 atom stereocenters. The Labute approximate surface area is 62.3 Å². The fourth-order valence-electron chi connectivity index (χ4n) is 0.737. The molecule has 6 N–H and O–H groups in total. The summed E-state index contributed by atoms with van der Waals surface area (Å²) in [5, 5.41) is 7.00. The van der Waals surface area contributed by atoms with Crippen LogP contribution in [0.25, 0.3) is 0 Å². The van der Waals surface area contributed by atoms with Gasteiger partial charge in [0.05, 0.1) is 0 Å². The van der Waals surface area contributed by atoms with Crippen molar-refractivity contribution in [2.75, 3.05) is 5.73 Å². The van der Waals surface area contributed by atoms with Gasteiger partial charge in [-0.2, -0.15) is 0 Å². The Morgan fingerprint density at radius 1 is 1.73 bits per heavy atom. The molecule has 11 heavy (non-hydrogen) atoms. The normalized spacial score (nSPS) is 9.91. The number of rotatable bonds is 1. The highest BCUT2D eigenvalue weighted by molar-refractivity contribution is 5.97. The summed E-state index contributed by atoms with van der Waals surface area (Å²) in [5.41, 5.74) is 10.3. The SMILES string of the molecule is Cn1c(N)c(C(=N)N)[nH]c1=O. The van der Waals surface area contributed by atoms with E-state index in [0.29, 0.717) is 0 Å². The molecule has 0 aliphatic carbocycles. The quantitative estimate of drug-likeness (QED) is 0.295. The second-order valence-electron chi connectivity index (χ2n) is 2.16. The lowest BCUT2D eigenvalue weighted by atomic mass is 10.4. The van der Waals surface area contributed by atoms with Crippen molar-refractivity contribution in [3.05, 3.63) is 16.2 Å². The van der Waals surface area contributed by atoms with E-state index in [1.165, 1.54) is 11.6 Å². The van der Waals surface area contributed by atoms with Gasteiger partial charge in [-0.25, -0.2) is 4.79 Å². The average Bonchev–Trinajstić information content (AvgIpc) is 2.17. The molecule has 1 rings (SSSR count). The van der Waals surface area contributed by atoms with Crippen LogP contribution in [-0.4, -0.2) is 15.4 Å². The fourth-order valence-corrected chi connectivity index (χ4v) is 0.737. The number of nitrogens with one attached hydrogen (secondary N) is 2. The van der Waals surface area contributed by atoms with Gasteiger partial charge in [0.25, 0.3) is 0 Å². The molecule has 0 saturated carbocycles. The van der Waals surface area contributed by atoms with Gasteiger partial charge in [0, 0.05) is 7.05 Å². The van der Waals surface area contributed by atoms with Crippen LogP contribution in [0.5, 0.6) is 0 Å². The van der Waals surface area contributed by atoms with Gasteiger partial charge in [0.2, 0.25) is 0 Å². The monoisotopic (exact) mass is 155 g/mol. The van der Waals surface area contributed by atoms with Gasteiger partial charge < -0.3 is 16.5 Å². The van der Waals surface area contributed by atoms with E-state index in [0.717, 1.165) is 0 Å². The van der Waals surface area contributed by atoms with Crippen molar-refractivity contribution in [3.8, 4) is 0 Å². The number of nitrogens with zero attached hydrogens (tertiary/aromatic N) is 1. The number of hydrogen-bond donors (Lipinski definition) is 4. The third-order valence-electron chi connectivity index (χ3n) is 1.42. The minimum absolute atomic E-state index is 0.178. The first-order chi connectivity index (χ1) is 5.04. The molecular formula is C5H9N5O. The maximum atomic E-state index is 10.8. The van der Waals surface area contributed by atoms with Crippen LogP contribution in [0.1, 0.15) is 5.69 Å². The van der Waals surface area contributed by atoms with E-state index in [2.05, 4.69) is 4.98 Å². The van der Waals surface area contributed by atoms with E-state index in [9.17, 15) is 4.79 Å². The number of anilines is 1. The first kappa shape index (κ1) is 7.39. The summed E-state index contributed by atoms with van der Waals surface area (Å²) in [6.45, 7) is 0. The Hall–Kier alpha value is -1.72.